The van der Waals surface area contributed by atoms with E-state index in [1.165, 1.54) is 0 Å². The zero-order chi connectivity index (χ0) is 19.6. The van der Waals surface area contributed by atoms with E-state index in [1.54, 1.807) is 6.07 Å². The van der Waals surface area contributed by atoms with E-state index in [4.69, 9.17) is 9.47 Å². The SMILES string of the molecule is C=C(C)COc1ccc(NCC(=O)Nc2cccc(OCC(=C)C)c2)cc1. The number of carbonyl (C=O) groups is 1. The lowest BCUT2D eigenvalue weighted by atomic mass is 10.3. The normalized spacial score (nSPS) is 10.0. The highest BCUT2D eigenvalue weighted by atomic mass is 16.5. The lowest BCUT2D eigenvalue weighted by Crippen LogP contribution is -2.21. The van der Waals surface area contributed by atoms with Gasteiger partial charge in [0.25, 0.3) is 0 Å². The van der Waals surface area contributed by atoms with Crippen molar-refractivity contribution >= 4 is 17.3 Å². The van der Waals surface area contributed by atoms with Gasteiger partial charge in [-0.1, -0.05) is 19.2 Å². The molecule has 2 N–H and O–H groups in total. The van der Waals surface area contributed by atoms with E-state index in [1.807, 2.05) is 56.3 Å². The third-order valence-corrected chi connectivity index (χ3v) is 3.40. The lowest BCUT2D eigenvalue weighted by molar-refractivity contribution is -0.114. The van der Waals surface area contributed by atoms with Gasteiger partial charge in [-0.2, -0.15) is 0 Å². The number of hydrogen-bond donors (Lipinski definition) is 2. The topological polar surface area (TPSA) is 59.6 Å². The van der Waals surface area contributed by atoms with Crippen molar-refractivity contribution in [1.82, 2.24) is 0 Å². The number of ether oxygens (including phenoxy) is 2. The maximum atomic E-state index is 12.1. The molecule has 0 bridgehead atoms. The second-order valence-electron chi connectivity index (χ2n) is 6.45. The summed E-state index contributed by atoms with van der Waals surface area (Å²) in [7, 11) is 0. The molecule has 0 spiro atoms. The molecule has 0 saturated heterocycles. The van der Waals surface area contributed by atoms with Gasteiger partial charge in [0.1, 0.15) is 24.7 Å². The van der Waals surface area contributed by atoms with Crippen molar-refractivity contribution in [3.05, 3.63) is 72.8 Å². The van der Waals surface area contributed by atoms with Crippen LogP contribution in [-0.4, -0.2) is 25.7 Å². The van der Waals surface area contributed by atoms with Gasteiger partial charge in [0.2, 0.25) is 5.91 Å². The van der Waals surface area contributed by atoms with E-state index in [0.717, 1.165) is 22.6 Å². The molecule has 5 nitrogen and oxygen atoms in total. The van der Waals surface area contributed by atoms with Crippen molar-refractivity contribution in [2.24, 2.45) is 0 Å². The molecule has 27 heavy (non-hydrogen) atoms. The van der Waals surface area contributed by atoms with Crippen LogP contribution in [0.5, 0.6) is 11.5 Å². The molecule has 0 atom stereocenters. The Morgan fingerprint density at radius 2 is 1.52 bits per heavy atom. The maximum Gasteiger partial charge on any atom is 0.243 e. The molecule has 0 fully saturated rings. The second-order valence-corrected chi connectivity index (χ2v) is 6.45. The van der Waals surface area contributed by atoms with Crippen LogP contribution in [-0.2, 0) is 4.79 Å². The molecule has 142 valence electrons. The first-order valence-electron chi connectivity index (χ1n) is 8.70. The Balaban J connectivity index is 1.81. The first-order valence-corrected chi connectivity index (χ1v) is 8.70. The molecule has 0 aliphatic rings. The van der Waals surface area contributed by atoms with Crippen molar-refractivity contribution < 1.29 is 14.3 Å². The standard InChI is InChI=1S/C22H26N2O3/c1-16(2)14-26-20-10-8-18(9-11-20)23-13-22(25)24-19-6-5-7-21(12-19)27-15-17(3)4/h5-12,23H,1,3,13-15H2,2,4H3,(H,24,25). The lowest BCUT2D eigenvalue weighted by Gasteiger charge is -2.11. The quantitative estimate of drug-likeness (QED) is 0.601. The van der Waals surface area contributed by atoms with Gasteiger partial charge in [-0.3, -0.25) is 4.79 Å². The number of rotatable bonds is 10. The van der Waals surface area contributed by atoms with Crippen LogP contribution in [0.3, 0.4) is 0 Å². The number of benzene rings is 2. The minimum atomic E-state index is -0.144. The Kier molecular flexibility index (Phi) is 7.49. The minimum absolute atomic E-state index is 0.144. The predicted molar refractivity (Wildman–Crippen MR) is 111 cm³/mol. The summed E-state index contributed by atoms with van der Waals surface area (Å²) in [5, 5.41) is 5.93. The summed E-state index contributed by atoms with van der Waals surface area (Å²) in [4.78, 5) is 12.1. The molecule has 5 heteroatoms. The largest absolute Gasteiger partial charge is 0.489 e. The van der Waals surface area contributed by atoms with E-state index in [2.05, 4.69) is 23.8 Å². The summed E-state index contributed by atoms with van der Waals surface area (Å²) in [6, 6.07) is 14.7. The Bertz CT molecular complexity index is 797. The molecular formula is C22H26N2O3. The summed E-state index contributed by atoms with van der Waals surface area (Å²) in [5.41, 5.74) is 3.42. The Labute approximate surface area is 160 Å². The molecule has 2 aromatic carbocycles. The molecule has 0 aliphatic heterocycles. The average molecular weight is 366 g/mol. The van der Waals surface area contributed by atoms with E-state index >= 15 is 0 Å². The highest BCUT2D eigenvalue weighted by Gasteiger charge is 2.04. The van der Waals surface area contributed by atoms with Gasteiger partial charge >= 0.3 is 0 Å². The zero-order valence-electron chi connectivity index (χ0n) is 15.9. The van der Waals surface area contributed by atoms with E-state index in [0.29, 0.717) is 24.7 Å². The third-order valence-electron chi connectivity index (χ3n) is 3.40. The fourth-order valence-electron chi connectivity index (χ4n) is 2.13. The number of amides is 1. The van der Waals surface area contributed by atoms with Crippen LogP contribution in [0.1, 0.15) is 13.8 Å². The van der Waals surface area contributed by atoms with Crippen LogP contribution in [0, 0.1) is 0 Å². The average Bonchev–Trinajstić information content (AvgIpc) is 2.64. The van der Waals surface area contributed by atoms with Gasteiger partial charge in [-0.25, -0.2) is 0 Å². The van der Waals surface area contributed by atoms with Crippen molar-refractivity contribution in [3.8, 4) is 11.5 Å². The summed E-state index contributed by atoms with van der Waals surface area (Å²) in [6.45, 7) is 12.5. The molecule has 0 aromatic heterocycles. The van der Waals surface area contributed by atoms with Crippen LogP contribution in [0.4, 0.5) is 11.4 Å². The molecule has 0 saturated carbocycles. The van der Waals surface area contributed by atoms with Crippen molar-refractivity contribution in [2.75, 3.05) is 30.4 Å². The number of carbonyl (C=O) groups excluding carboxylic acids is 1. The van der Waals surface area contributed by atoms with Crippen LogP contribution >= 0.6 is 0 Å². The van der Waals surface area contributed by atoms with Crippen molar-refractivity contribution in [1.29, 1.82) is 0 Å². The van der Waals surface area contributed by atoms with Crippen LogP contribution in [0.25, 0.3) is 0 Å². The summed E-state index contributed by atoms with van der Waals surface area (Å²) >= 11 is 0. The van der Waals surface area contributed by atoms with E-state index in [-0.39, 0.29) is 12.5 Å². The van der Waals surface area contributed by atoms with Crippen LogP contribution < -0.4 is 20.1 Å². The van der Waals surface area contributed by atoms with Gasteiger partial charge in [-0.15, -0.1) is 0 Å². The number of nitrogens with one attached hydrogen (secondary N) is 2. The van der Waals surface area contributed by atoms with Gasteiger partial charge in [-0.05, 0) is 61.4 Å². The zero-order valence-corrected chi connectivity index (χ0v) is 15.9. The van der Waals surface area contributed by atoms with Gasteiger partial charge in [0.05, 0.1) is 6.54 Å². The monoisotopic (exact) mass is 366 g/mol. The Hall–Kier alpha value is -3.21. The van der Waals surface area contributed by atoms with E-state index < -0.39 is 0 Å². The van der Waals surface area contributed by atoms with Crippen LogP contribution in [0.2, 0.25) is 0 Å². The molecule has 0 radical (unpaired) electrons. The molecule has 0 heterocycles. The highest BCUT2D eigenvalue weighted by molar-refractivity contribution is 5.93. The molecule has 1 amide bonds. The molecule has 2 aromatic rings. The summed E-state index contributed by atoms with van der Waals surface area (Å²) < 4.78 is 11.1. The molecule has 0 unspecified atom stereocenters. The Morgan fingerprint density at radius 3 is 2.15 bits per heavy atom. The van der Waals surface area contributed by atoms with Gasteiger partial charge < -0.3 is 20.1 Å². The smallest absolute Gasteiger partial charge is 0.243 e. The summed E-state index contributed by atoms with van der Waals surface area (Å²) in [5.74, 6) is 1.31. The van der Waals surface area contributed by atoms with Gasteiger partial charge in [0, 0.05) is 17.4 Å². The summed E-state index contributed by atoms with van der Waals surface area (Å²) in [6.07, 6.45) is 0. The highest BCUT2D eigenvalue weighted by Crippen LogP contribution is 2.18. The minimum Gasteiger partial charge on any atom is -0.489 e. The number of anilines is 2. The van der Waals surface area contributed by atoms with Crippen LogP contribution in [0.15, 0.2) is 72.8 Å². The van der Waals surface area contributed by atoms with Gasteiger partial charge in [0.15, 0.2) is 0 Å². The molecule has 0 aliphatic carbocycles. The van der Waals surface area contributed by atoms with Crippen molar-refractivity contribution in [3.63, 3.8) is 0 Å². The van der Waals surface area contributed by atoms with E-state index in [9.17, 15) is 4.79 Å². The first kappa shape index (κ1) is 20.1. The fraction of sp³-hybridized carbons (Fsp3) is 0.227. The number of hydrogen-bond acceptors (Lipinski definition) is 4. The third kappa shape index (κ3) is 7.69. The second kappa shape index (κ2) is 10.1. The molecule has 2 rings (SSSR count). The maximum absolute atomic E-state index is 12.1. The first-order chi connectivity index (χ1) is 12.9. The van der Waals surface area contributed by atoms with Crippen molar-refractivity contribution in [2.45, 2.75) is 13.8 Å². The molecular weight excluding hydrogens is 340 g/mol. The predicted octanol–water partition coefficient (Wildman–Crippen LogP) is 4.65. The Morgan fingerprint density at radius 1 is 0.889 bits per heavy atom. The fourth-order valence-corrected chi connectivity index (χ4v) is 2.13.